The molecule has 0 aromatic heterocycles. The summed E-state index contributed by atoms with van der Waals surface area (Å²) in [6.07, 6.45) is 2.48. The predicted molar refractivity (Wildman–Crippen MR) is 119 cm³/mol. The number of benzene rings is 2. The number of nitrogens with zero attached hydrogens (tertiary/aromatic N) is 1. The molecule has 3 rings (SSSR count). The van der Waals surface area contributed by atoms with E-state index in [0.29, 0.717) is 17.2 Å². The van der Waals surface area contributed by atoms with Gasteiger partial charge in [0.25, 0.3) is 5.69 Å². The van der Waals surface area contributed by atoms with Crippen LogP contribution in [0.3, 0.4) is 0 Å². The maximum absolute atomic E-state index is 12.9. The van der Waals surface area contributed by atoms with Gasteiger partial charge in [-0.3, -0.25) is 14.9 Å². The number of ether oxygens (including phenoxy) is 2. The van der Waals surface area contributed by atoms with Crippen LogP contribution >= 0.6 is 0 Å². The van der Waals surface area contributed by atoms with Gasteiger partial charge in [-0.2, -0.15) is 0 Å². The molecule has 0 unspecified atom stereocenters. The van der Waals surface area contributed by atoms with Crippen molar-refractivity contribution in [3.05, 3.63) is 69.8 Å². The maximum Gasteiger partial charge on any atom is 0.310 e. The van der Waals surface area contributed by atoms with E-state index in [0.717, 1.165) is 19.3 Å². The first kappa shape index (κ1) is 22.8. The van der Waals surface area contributed by atoms with Crippen molar-refractivity contribution < 1.29 is 19.2 Å². The summed E-state index contributed by atoms with van der Waals surface area (Å²) in [6.45, 7) is 6.59. The maximum atomic E-state index is 12.9. The van der Waals surface area contributed by atoms with Gasteiger partial charge in [-0.15, -0.1) is 0 Å². The van der Waals surface area contributed by atoms with Crippen molar-refractivity contribution in [2.45, 2.75) is 58.0 Å². The first-order valence-electron chi connectivity index (χ1n) is 10.8. The van der Waals surface area contributed by atoms with Crippen molar-refractivity contribution in [2.24, 2.45) is 11.8 Å². The van der Waals surface area contributed by atoms with Crippen LogP contribution in [-0.2, 0) is 21.4 Å². The number of methoxy groups -OCH3 is 1. The van der Waals surface area contributed by atoms with Crippen LogP contribution in [0.4, 0.5) is 5.69 Å². The molecule has 0 bridgehead atoms. The third kappa shape index (κ3) is 5.24. The van der Waals surface area contributed by atoms with Crippen molar-refractivity contribution in [1.29, 1.82) is 0 Å². The molecule has 0 N–H and O–H groups in total. The fourth-order valence-corrected chi connectivity index (χ4v) is 4.74. The smallest absolute Gasteiger partial charge is 0.310 e. The average Bonchev–Trinajstić information content (AvgIpc) is 2.73. The first-order valence-corrected chi connectivity index (χ1v) is 10.8. The third-order valence-electron chi connectivity index (χ3n) is 6.60. The second-order valence-electron chi connectivity index (χ2n) is 9.07. The lowest BCUT2D eigenvalue weighted by Gasteiger charge is -2.44. The molecule has 0 amide bonds. The van der Waals surface area contributed by atoms with E-state index in [1.165, 1.54) is 30.9 Å². The molecule has 1 fully saturated rings. The molecule has 6 heteroatoms. The Labute approximate surface area is 183 Å². The molecule has 3 atom stereocenters. The molecule has 0 radical (unpaired) electrons. The van der Waals surface area contributed by atoms with Crippen LogP contribution in [0.1, 0.15) is 51.2 Å². The van der Waals surface area contributed by atoms with Crippen molar-refractivity contribution in [3.8, 4) is 5.75 Å². The number of esters is 1. The van der Waals surface area contributed by atoms with Gasteiger partial charge in [-0.05, 0) is 41.9 Å². The summed E-state index contributed by atoms with van der Waals surface area (Å²) in [6, 6.07) is 14.7. The number of hydrogen-bond acceptors (Lipinski definition) is 5. The van der Waals surface area contributed by atoms with Gasteiger partial charge in [0.1, 0.15) is 11.9 Å². The minimum Gasteiger partial charge on any atom is -0.497 e. The predicted octanol–water partition coefficient (Wildman–Crippen LogP) is 5.47. The van der Waals surface area contributed by atoms with Gasteiger partial charge in [0.05, 0.1) is 18.5 Å². The van der Waals surface area contributed by atoms with E-state index in [1.807, 2.05) is 18.2 Å². The molecule has 0 saturated heterocycles. The minimum absolute atomic E-state index is 0.101. The Morgan fingerprint density at radius 1 is 1.16 bits per heavy atom. The summed E-state index contributed by atoms with van der Waals surface area (Å²) in [5.41, 5.74) is 1.26. The summed E-state index contributed by atoms with van der Waals surface area (Å²) in [5, 5.41) is 11.4. The van der Waals surface area contributed by atoms with Crippen LogP contribution in [0.15, 0.2) is 48.5 Å². The van der Waals surface area contributed by atoms with Gasteiger partial charge in [-0.25, -0.2) is 0 Å². The molecular formula is C25H31NO5. The van der Waals surface area contributed by atoms with E-state index in [2.05, 4.69) is 32.9 Å². The largest absolute Gasteiger partial charge is 0.497 e. The van der Waals surface area contributed by atoms with E-state index in [9.17, 15) is 14.9 Å². The molecule has 1 aliphatic rings. The van der Waals surface area contributed by atoms with Crippen molar-refractivity contribution in [1.82, 2.24) is 0 Å². The van der Waals surface area contributed by atoms with E-state index < -0.39 is 10.9 Å². The highest BCUT2D eigenvalue weighted by atomic mass is 16.6. The molecule has 6 nitrogen and oxygen atoms in total. The normalized spacial score (nSPS) is 21.4. The summed E-state index contributed by atoms with van der Waals surface area (Å²) >= 11 is 0. The average molecular weight is 426 g/mol. The molecule has 2 aromatic rings. The molecule has 1 saturated carbocycles. The quantitative estimate of drug-likeness (QED) is 0.334. The second kappa shape index (κ2) is 9.50. The van der Waals surface area contributed by atoms with Crippen molar-refractivity contribution in [2.75, 3.05) is 7.11 Å². The molecule has 2 aromatic carbocycles. The minimum atomic E-state index is -0.480. The van der Waals surface area contributed by atoms with Crippen LogP contribution < -0.4 is 4.74 Å². The van der Waals surface area contributed by atoms with Crippen molar-refractivity contribution >= 4 is 11.7 Å². The zero-order chi connectivity index (χ0) is 22.6. The summed E-state index contributed by atoms with van der Waals surface area (Å²) in [7, 11) is 1.49. The summed E-state index contributed by atoms with van der Waals surface area (Å²) in [4.78, 5) is 23.8. The molecule has 0 spiro atoms. The van der Waals surface area contributed by atoms with Gasteiger partial charge in [0, 0.05) is 17.5 Å². The fraction of sp³-hybridized carbons (Fsp3) is 0.480. The van der Waals surface area contributed by atoms with E-state index in [1.54, 1.807) is 0 Å². The lowest BCUT2D eigenvalue weighted by Crippen LogP contribution is -2.43. The Morgan fingerprint density at radius 2 is 1.87 bits per heavy atom. The number of rotatable bonds is 7. The Morgan fingerprint density at radius 3 is 2.52 bits per heavy atom. The van der Waals surface area contributed by atoms with Gasteiger partial charge in [-0.1, -0.05) is 57.5 Å². The van der Waals surface area contributed by atoms with E-state index >= 15 is 0 Å². The summed E-state index contributed by atoms with van der Waals surface area (Å²) < 4.78 is 11.2. The molecule has 1 aliphatic carbocycles. The topological polar surface area (TPSA) is 78.7 Å². The highest BCUT2D eigenvalue weighted by Gasteiger charge is 2.42. The molecule has 31 heavy (non-hydrogen) atoms. The van der Waals surface area contributed by atoms with Crippen LogP contribution in [0, 0.1) is 22.0 Å². The SMILES string of the molecule is COc1ccc([N+](=O)[O-])c(CC(=O)O[C@@H]2C[C@H](C)CC[C@H]2C(C)(C)c2ccccc2)c1. The lowest BCUT2D eigenvalue weighted by molar-refractivity contribution is -0.385. The Bertz CT molecular complexity index is 925. The van der Waals surface area contributed by atoms with Gasteiger partial charge < -0.3 is 9.47 Å². The molecular weight excluding hydrogens is 394 g/mol. The first-order chi connectivity index (χ1) is 14.7. The molecule has 166 valence electrons. The van der Waals surface area contributed by atoms with Gasteiger partial charge >= 0.3 is 5.97 Å². The van der Waals surface area contributed by atoms with Crippen LogP contribution in [0.25, 0.3) is 0 Å². The van der Waals surface area contributed by atoms with Gasteiger partial charge in [0.2, 0.25) is 0 Å². The van der Waals surface area contributed by atoms with E-state index in [-0.39, 0.29) is 29.5 Å². The monoisotopic (exact) mass is 425 g/mol. The fourth-order valence-electron chi connectivity index (χ4n) is 4.74. The number of hydrogen-bond donors (Lipinski definition) is 0. The Hall–Kier alpha value is -2.89. The molecule has 0 aliphatic heterocycles. The third-order valence-corrected chi connectivity index (χ3v) is 6.60. The van der Waals surface area contributed by atoms with Crippen LogP contribution in [0.5, 0.6) is 5.75 Å². The Kier molecular flexibility index (Phi) is 6.98. The van der Waals surface area contributed by atoms with Crippen LogP contribution in [0.2, 0.25) is 0 Å². The highest BCUT2D eigenvalue weighted by molar-refractivity contribution is 5.74. The van der Waals surface area contributed by atoms with Gasteiger partial charge in [0.15, 0.2) is 0 Å². The standard InChI is InChI=1S/C25H31NO5/c1-17-10-12-21(25(2,3)19-8-6-5-7-9-19)23(14-17)31-24(27)16-18-15-20(30-4)11-13-22(18)26(28)29/h5-9,11,13,15,17,21,23H,10,12,14,16H2,1-4H3/t17-,21-,23-/m1/s1. The number of carbonyl (C=O) groups excluding carboxylic acids is 1. The number of carbonyl (C=O) groups is 1. The number of nitro groups is 1. The highest BCUT2D eigenvalue weighted by Crippen LogP contribution is 2.43. The number of nitro benzene ring substituents is 1. The summed E-state index contributed by atoms with van der Waals surface area (Å²) in [5.74, 6) is 0.675. The molecule has 0 heterocycles. The van der Waals surface area contributed by atoms with Crippen LogP contribution in [-0.4, -0.2) is 24.1 Å². The van der Waals surface area contributed by atoms with E-state index in [4.69, 9.17) is 9.47 Å². The van der Waals surface area contributed by atoms with Crippen molar-refractivity contribution in [3.63, 3.8) is 0 Å². The Balaban J connectivity index is 1.81. The zero-order valence-electron chi connectivity index (χ0n) is 18.7. The second-order valence-corrected chi connectivity index (χ2v) is 9.07. The lowest BCUT2D eigenvalue weighted by atomic mass is 9.64. The zero-order valence-corrected chi connectivity index (χ0v) is 18.7.